The summed E-state index contributed by atoms with van der Waals surface area (Å²) in [5, 5.41) is 6.11. The molecular weight excluding hydrogens is 252 g/mol. The Bertz CT molecular complexity index is 516. The number of nitrogens with one attached hydrogen (secondary N) is 2. The van der Waals surface area contributed by atoms with Crippen LogP contribution in [0.4, 0.5) is 0 Å². The molecule has 0 aliphatic heterocycles. The van der Waals surface area contributed by atoms with E-state index in [-0.39, 0.29) is 5.91 Å². The van der Waals surface area contributed by atoms with Gasteiger partial charge in [-0.25, -0.2) is 0 Å². The minimum absolute atomic E-state index is 0.0454. The van der Waals surface area contributed by atoms with Crippen LogP contribution in [0.25, 0.3) is 0 Å². The fourth-order valence-corrected chi connectivity index (χ4v) is 1.72. The largest absolute Gasteiger partial charge is 0.352 e. The zero-order valence-corrected chi connectivity index (χ0v) is 11.2. The number of hydrogen-bond donors (Lipinski definition) is 2. The lowest BCUT2D eigenvalue weighted by molar-refractivity contribution is -0.121. The number of carbonyl (C=O) groups excluding carboxylic acids is 1. The molecule has 0 bridgehead atoms. The first kappa shape index (κ1) is 14.1. The van der Waals surface area contributed by atoms with Crippen LogP contribution in [0.5, 0.6) is 0 Å². The van der Waals surface area contributed by atoms with Crippen molar-refractivity contribution in [1.29, 1.82) is 0 Å². The fourth-order valence-electron chi connectivity index (χ4n) is 1.72. The molecule has 104 valence electrons. The minimum Gasteiger partial charge on any atom is -0.352 e. The van der Waals surface area contributed by atoms with Gasteiger partial charge in [0.1, 0.15) is 0 Å². The first-order valence-electron chi connectivity index (χ1n) is 6.60. The number of carbonyl (C=O) groups is 1. The predicted octanol–water partition coefficient (Wildman–Crippen LogP) is 1.27. The maximum atomic E-state index is 11.7. The second-order valence-electron chi connectivity index (χ2n) is 4.41. The van der Waals surface area contributed by atoms with Crippen molar-refractivity contribution in [2.24, 2.45) is 0 Å². The summed E-state index contributed by atoms with van der Waals surface area (Å²) in [5.41, 5.74) is 2.22. The van der Waals surface area contributed by atoms with E-state index in [2.05, 4.69) is 20.6 Å². The van der Waals surface area contributed by atoms with Crippen molar-refractivity contribution in [2.75, 3.05) is 6.54 Å². The summed E-state index contributed by atoms with van der Waals surface area (Å²) in [6, 6.07) is 7.69. The smallest absolute Gasteiger partial charge is 0.221 e. The van der Waals surface area contributed by atoms with Crippen LogP contribution >= 0.6 is 0 Å². The molecule has 0 radical (unpaired) electrons. The molecule has 0 aromatic carbocycles. The van der Waals surface area contributed by atoms with Gasteiger partial charge in [-0.2, -0.15) is 0 Å². The van der Waals surface area contributed by atoms with E-state index in [0.717, 1.165) is 17.7 Å². The molecule has 2 heterocycles. The summed E-state index contributed by atoms with van der Waals surface area (Å²) >= 11 is 0. The van der Waals surface area contributed by atoms with Gasteiger partial charge in [0.2, 0.25) is 5.91 Å². The third-order valence-electron chi connectivity index (χ3n) is 2.85. The van der Waals surface area contributed by atoms with E-state index in [1.54, 1.807) is 24.8 Å². The van der Waals surface area contributed by atoms with Gasteiger partial charge in [0.25, 0.3) is 0 Å². The molecule has 0 saturated carbocycles. The van der Waals surface area contributed by atoms with E-state index >= 15 is 0 Å². The molecule has 5 nitrogen and oxygen atoms in total. The van der Waals surface area contributed by atoms with Gasteiger partial charge in [-0.3, -0.25) is 14.8 Å². The van der Waals surface area contributed by atoms with Crippen LogP contribution in [0.2, 0.25) is 0 Å². The van der Waals surface area contributed by atoms with Crippen LogP contribution < -0.4 is 10.6 Å². The van der Waals surface area contributed by atoms with Gasteiger partial charge in [0.15, 0.2) is 0 Å². The summed E-state index contributed by atoms with van der Waals surface area (Å²) in [6.45, 7) is 1.95. The number of pyridine rings is 2. The van der Waals surface area contributed by atoms with E-state index in [1.807, 2.05) is 24.3 Å². The summed E-state index contributed by atoms with van der Waals surface area (Å²) in [7, 11) is 0. The lowest BCUT2D eigenvalue weighted by Crippen LogP contribution is -2.27. The lowest BCUT2D eigenvalue weighted by atomic mass is 10.2. The second-order valence-corrected chi connectivity index (χ2v) is 4.41. The van der Waals surface area contributed by atoms with Gasteiger partial charge in [0, 0.05) is 50.8 Å². The molecular formula is C15H18N4O. The van der Waals surface area contributed by atoms with Gasteiger partial charge in [-0.15, -0.1) is 0 Å². The Hall–Kier alpha value is -2.27. The van der Waals surface area contributed by atoms with E-state index in [1.165, 1.54) is 0 Å². The number of amides is 1. The van der Waals surface area contributed by atoms with E-state index < -0.39 is 0 Å². The van der Waals surface area contributed by atoms with Gasteiger partial charge in [-0.1, -0.05) is 0 Å². The molecule has 2 N–H and O–H groups in total. The molecule has 0 unspecified atom stereocenters. The summed E-state index contributed by atoms with van der Waals surface area (Å²) in [5.74, 6) is 0.0454. The Morgan fingerprint density at radius 1 is 0.900 bits per heavy atom. The Morgan fingerprint density at radius 2 is 1.45 bits per heavy atom. The lowest BCUT2D eigenvalue weighted by Gasteiger charge is -2.06. The second kappa shape index (κ2) is 8.01. The van der Waals surface area contributed by atoms with Crippen LogP contribution in [-0.2, 0) is 17.9 Å². The van der Waals surface area contributed by atoms with Crippen molar-refractivity contribution in [3.8, 4) is 0 Å². The molecule has 2 aromatic heterocycles. The molecule has 2 rings (SSSR count). The molecule has 20 heavy (non-hydrogen) atoms. The maximum absolute atomic E-state index is 11.7. The highest BCUT2D eigenvalue weighted by molar-refractivity contribution is 5.76. The first-order valence-corrected chi connectivity index (χ1v) is 6.60. The topological polar surface area (TPSA) is 66.9 Å². The highest BCUT2D eigenvalue weighted by Gasteiger charge is 2.00. The van der Waals surface area contributed by atoms with Crippen LogP contribution in [0.3, 0.4) is 0 Å². The van der Waals surface area contributed by atoms with Crippen molar-refractivity contribution in [2.45, 2.75) is 19.5 Å². The van der Waals surface area contributed by atoms with Crippen LogP contribution in [0, 0.1) is 0 Å². The van der Waals surface area contributed by atoms with Crippen molar-refractivity contribution in [3.05, 3.63) is 60.2 Å². The van der Waals surface area contributed by atoms with Crippen molar-refractivity contribution in [3.63, 3.8) is 0 Å². The van der Waals surface area contributed by atoms with Gasteiger partial charge in [-0.05, 0) is 35.4 Å². The summed E-state index contributed by atoms with van der Waals surface area (Å²) in [6.07, 6.45) is 7.43. The molecule has 2 aromatic rings. The zero-order chi connectivity index (χ0) is 14.0. The van der Waals surface area contributed by atoms with Gasteiger partial charge >= 0.3 is 0 Å². The zero-order valence-electron chi connectivity index (χ0n) is 11.2. The Balaban J connectivity index is 1.59. The van der Waals surface area contributed by atoms with Crippen molar-refractivity contribution < 1.29 is 4.79 Å². The minimum atomic E-state index is 0.0454. The Morgan fingerprint density at radius 3 is 2.05 bits per heavy atom. The fraction of sp³-hybridized carbons (Fsp3) is 0.267. The third kappa shape index (κ3) is 5.16. The summed E-state index contributed by atoms with van der Waals surface area (Å²) < 4.78 is 0. The third-order valence-corrected chi connectivity index (χ3v) is 2.85. The molecule has 0 aliphatic carbocycles. The number of aromatic nitrogens is 2. The molecule has 0 aliphatic rings. The number of nitrogens with zero attached hydrogens (tertiary/aromatic N) is 2. The molecule has 0 atom stereocenters. The maximum Gasteiger partial charge on any atom is 0.221 e. The van der Waals surface area contributed by atoms with Crippen LogP contribution in [-0.4, -0.2) is 22.4 Å². The molecule has 0 fully saturated rings. The predicted molar refractivity (Wildman–Crippen MR) is 76.6 cm³/mol. The molecule has 0 saturated heterocycles. The first-order chi connectivity index (χ1) is 9.84. The van der Waals surface area contributed by atoms with E-state index in [9.17, 15) is 4.79 Å². The quantitative estimate of drug-likeness (QED) is 0.744. The monoisotopic (exact) mass is 270 g/mol. The normalized spacial score (nSPS) is 10.2. The number of rotatable bonds is 7. The van der Waals surface area contributed by atoms with Crippen LogP contribution in [0.1, 0.15) is 17.5 Å². The highest BCUT2D eigenvalue weighted by Crippen LogP contribution is 1.96. The van der Waals surface area contributed by atoms with E-state index in [0.29, 0.717) is 19.5 Å². The highest BCUT2D eigenvalue weighted by atomic mass is 16.1. The average molecular weight is 270 g/mol. The Labute approximate surface area is 118 Å². The molecule has 0 spiro atoms. The van der Waals surface area contributed by atoms with Gasteiger partial charge < -0.3 is 10.6 Å². The van der Waals surface area contributed by atoms with E-state index in [4.69, 9.17) is 0 Å². The Kier molecular flexibility index (Phi) is 5.67. The SMILES string of the molecule is O=C(CCNCc1ccncc1)NCc1ccncc1. The summed E-state index contributed by atoms with van der Waals surface area (Å²) in [4.78, 5) is 19.5. The number of hydrogen-bond acceptors (Lipinski definition) is 4. The average Bonchev–Trinajstić information content (AvgIpc) is 2.52. The van der Waals surface area contributed by atoms with Crippen molar-refractivity contribution in [1.82, 2.24) is 20.6 Å². The standard InChI is InChI=1S/C15H18N4O/c20-15(19-12-14-3-8-17-9-4-14)5-10-18-11-13-1-6-16-7-2-13/h1-4,6-9,18H,5,10-12H2,(H,19,20). The molecule has 1 amide bonds. The van der Waals surface area contributed by atoms with Crippen LogP contribution in [0.15, 0.2) is 49.1 Å². The van der Waals surface area contributed by atoms with Crippen molar-refractivity contribution >= 4 is 5.91 Å². The molecule has 5 heteroatoms. The van der Waals surface area contributed by atoms with Gasteiger partial charge in [0.05, 0.1) is 0 Å².